The Morgan fingerprint density at radius 3 is 2.85 bits per heavy atom. The molecule has 1 rings (SSSR count). The normalized spacial score (nSPS) is 21.8. The molecule has 0 aromatic carbocycles. The van der Waals surface area contributed by atoms with Crippen molar-refractivity contribution in [2.24, 2.45) is 16.8 Å². The second-order valence-corrected chi connectivity index (χ2v) is 5.29. The Kier molecular flexibility index (Phi) is 7.36. The van der Waals surface area contributed by atoms with Crippen LogP contribution in [0, 0.1) is 5.92 Å². The minimum absolute atomic E-state index is 0.00782. The van der Waals surface area contributed by atoms with Gasteiger partial charge in [-0.2, -0.15) is 0 Å². The number of amides is 1. The molecule has 3 N–H and O–H groups in total. The summed E-state index contributed by atoms with van der Waals surface area (Å²) in [6, 6.07) is 0. The summed E-state index contributed by atoms with van der Waals surface area (Å²) in [4.78, 5) is 14.3. The van der Waals surface area contributed by atoms with Crippen LogP contribution < -0.4 is 5.73 Å². The minimum Gasteiger partial charge on any atom is -0.409 e. The van der Waals surface area contributed by atoms with E-state index < -0.39 is 5.92 Å². The van der Waals surface area contributed by atoms with Gasteiger partial charge in [-0.05, 0) is 25.7 Å². The van der Waals surface area contributed by atoms with Gasteiger partial charge in [0, 0.05) is 19.7 Å². The van der Waals surface area contributed by atoms with E-state index in [-0.39, 0.29) is 17.8 Å². The minimum atomic E-state index is -0.519. The molecule has 0 saturated carbocycles. The second kappa shape index (κ2) is 8.79. The van der Waals surface area contributed by atoms with Gasteiger partial charge in [-0.25, -0.2) is 0 Å². The van der Waals surface area contributed by atoms with Gasteiger partial charge in [0.15, 0.2) is 5.84 Å². The molecule has 0 aromatic heterocycles. The van der Waals surface area contributed by atoms with Crippen LogP contribution in [0.2, 0.25) is 0 Å². The molecule has 116 valence electrons. The number of carbonyl (C=O) groups is 1. The first-order valence-electron chi connectivity index (χ1n) is 7.51. The first kappa shape index (κ1) is 16.8. The number of oxime groups is 1. The molecule has 0 bridgehead atoms. The number of carbonyl (C=O) groups excluding carboxylic acids is 1. The number of amidine groups is 1. The third-order valence-electron chi connectivity index (χ3n) is 3.60. The van der Waals surface area contributed by atoms with Gasteiger partial charge in [-0.15, -0.1) is 0 Å². The molecule has 1 aliphatic rings. The summed E-state index contributed by atoms with van der Waals surface area (Å²) in [6.07, 6.45) is 4.44. The average Bonchev–Trinajstić information content (AvgIpc) is 2.49. The Morgan fingerprint density at radius 2 is 2.25 bits per heavy atom. The summed E-state index contributed by atoms with van der Waals surface area (Å²) >= 11 is 0. The van der Waals surface area contributed by atoms with Crippen molar-refractivity contribution in [3.05, 3.63) is 0 Å². The summed E-state index contributed by atoms with van der Waals surface area (Å²) in [5, 5.41) is 11.8. The van der Waals surface area contributed by atoms with Gasteiger partial charge in [-0.3, -0.25) is 4.79 Å². The number of hydrogen-bond acceptors (Lipinski definition) is 4. The van der Waals surface area contributed by atoms with E-state index in [1.165, 1.54) is 0 Å². The maximum atomic E-state index is 12.5. The van der Waals surface area contributed by atoms with Crippen molar-refractivity contribution in [1.82, 2.24) is 4.90 Å². The first-order chi connectivity index (χ1) is 9.63. The molecule has 1 amide bonds. The van der Waals surface area contributed by atoms with Gasteiger partial charge < -0.3 is 20.6 Å². The fourth-order valence-electron chi connectivity index (χ4n) is 2.54. The van der Waals surface area contributed by atoms with E-state index in [0.717, 1.165) is 38.8 Å². The highest BCUT2D eigenvalue weighted by atomic mass is 16.5. The molecular formula is C14H27N3O3. The van der Waals surface area contributed by atoms with Crippen LogP contribution in [-0.4, -0.2) is 47.7 Å². The van der Waals surface area contributed by atoms with E-state index in [1.807, 2.05) is 6.92 Å². The highest BCUT2D eigenvalue weighted by Crippen LogP contribution is 2.18. The second-order valence-electron chi connectivity index (χ2n) is 5.29. The van der Waals surface area contributed by atoms with Gasteiger partial charge >= 0.3 is 0 Å². The number of ether oxygens (including phenoxy) is 1. The van der Waals surface area contributed by atoms with E-state index >= 15 is 0 Å². The molecule has 1 heterocycles. The van der Waals surface area contributed by atoms with Crippen LogP contribution in [0.5, 0.6) is 0 Å². The zero-order chi connectivity index (χ0) is 15.0. The lowest BCUT2D eigenvalue weighted by molar-refractivity contribution is -0.137. The zero-order valence-electron chi connectivity index (χ0n) is 12.5. The maximum absolute atomic E-state index is 12.5. The van der Waals surface area contributed by atoms with Gasteiger partial charge in [0.05, 0.1) is 12.0 Å². The number of nitrogens with zero attached hydrogens (tertiary/aromatic N) is 2. The fraction of sp³-hybridized carbons (Fsp3) is 0.857. The first-order valence-corrected chi connectivity index (χ1v) is 7.51. The third-order valence-corrected chi connectivity index (χ3v) is 3.60. The topological polar surface area (TPSA) is 88.2 Å². The number of hydrogen-bond donors (Lipinski definition) is 2. The predicted molar refractivity (Wildman–Crippen MR) is 77.7 cm³/mol. The molecule has 20 heavy (non-hydrogen) atoms. The average molecular weight is 285 g/mol. The van der Waals surface area contributed by atoms with Crippen LogP contribution in [-0.2, 0) is 9.53 Å². The van der Waals surface area contributed by atoms with Crippen LogP contribution in [0.4, 0.5) is 0 Å². The Balaban J connectivity index is 2.63. The lowest BCUT2D eigenvalue weighted by Gasteiger charge is -2.34. The maximum Gasteiger partial charge on any atom is 0.233 e. The quantitative estimate of drug-likeness (QED) is 0.321. The molecule has 6 nitrogen and oxygen atoms in total. The fourth-order valence-corrected chi connectivity index (χ4v) is 2.54. The highest BCUT2D eigenvalue weighted by Gasteiger charge is 2.31. The van der Waals surface area contributed by atoms with E-state index in [1.54, 1.807) is 4.90 Å². The van der Waals surface area contributed by atoms with Gasteiger partial charge in [-0.1, -0.05) is 25.4 Å². The Labute approximate surface area is 120 Å². The van der Waals surface area contributed by atoms with Crippen LogP contribution in [0.15, 0.2) is 5.16 Å². The van der Waals surface area contributed by atoms with Crippen molar-refractivity contribution in [2.75, 3.05) is 19.7 Å². The van der Waals surface area contributed by atoms with Crippen molar-refractivity contribution in [1.29, 1.82) is 0 Å². The molecular weight excluding hydrogens is 258 g/mol. The molecule has 0 aliphatic carbocycles. The van der Waals surface area contributed by atoms with Gasteiger partial charge in [0.2, 0.25) is 5.91 Å². The molecule has 0 aromatic rings. The Morgan fingerprint density at radius 1 is 1.50 bits per heavy atom. The molecule has 6 heteroatoms. The van der Waals surface area contributed by atoms with Crippen molar-refractivity contribution in [3.8, 4) is 0 Å². The van der Waals surface area contributed by atoms with Gasteiger partial charge in [0.1, 0.15) is 0 Å². The van der Waals surface area contributed by atoms with Crippen molar-refractivity contribution >= 4 is 11.7 Å². The van der Waals surface area contributed by atoms with Crippen LogP contribution in [0.3, 0.4) is 0 Å². The van der Waals surface area contributed by atoms with Crippen LogP contribution >= 0.6 is 0 Å². The Hall–Kier alpha value is -1.30. The Bertz CT molecular complexity index is 334. The predicted octanol–water partition coefficient (Wildman–Crippen LogP) is 1.57. The highest BCUT2D eigenvalue weighted by molar-refractivity contribution is 6.02. The monoisotopic (exact) mass is 285 g/mol. The van der Waals surface area contributed by atoms with Crippen molar-refractivity contribution in [2.45, 2.75) is 52.1 Å². The summed E-state index contributed by atoms with van der Waals surface area (Å²) < 4.78 is 5.73. The lowest BCUT2D eigenvalue weighted by Crippen LogP contribution is -2.48. The summed E-state index contributed by atoms with van der Waals surface area (Å²) in [5.74, 6) is -0.560. The summed E-state index contributed by atoms with van der Waals surface area (Å²) in [7, 11) is 0. The van der Waals surface area contributed by atoms with E-state index in [9.17, 15) is 4.79 Å². The molecule has 1 fully saturated rings. The number of likely N-dealkylation sites (tertiary alicyclic amines) is 1. The van der Waals surface area contributed by atoms with E-state index in [0.29, 0.717) is 13.0 Å². The zero-order valence-corrected chi connectivity index (χ0v) is 12.5. The molecule has 2 unspecified atom stereocenters. The molecule has 0 spiro atoms. The third kappa shape index (κ3) is 4.67. The summed E-state index contributed by atoms with van der Waals surface area (Å²) in [6.45, 7) is 6.11. The largest absolute Gasteiger partial charge is 0.409 e. The van der Waals surface area contributed by atoms with Gasteiger partial charge in [0.25, 0.3) is 0 Å². The molecule has 1 saturated heterocycles. The number of nitrogens with two attached hydrogens (primary N) is 1. The van der Waals surface area contributed by atoms with E-state index in [2.05, 4.69) is 12.1 Å². The van der Waals surface area contributed by atoms with Crippen LogP contribution in [0.1, 0.15) is 46.0 Å². The van der Waals surface area contributed by atoms with E-state index in [4.69, 9.17) is 15.7 Å². The lowest BCUT2D eigenvalue weighted by atomic mass is 9.98. The summed E-state index contributed by atoms with van der Waals surface area (Å²) in [5.41, 5.74) is 5.65. The standard InChI is InChI=1S/C14H27N3O3/c1-3-6-12(13(15)16-19)14(18)17-8-5-7-11(10-17)20-9-4-2/h11-12,19H,3-10H2,1-2H3,(H2,15,16). The van der Waals surface area contributed by atoms with Crippen molar-refractivity contribution in [3.63, 3.8) is 0 Å². The number of piperidine rings is 1. The number of rotatable bonds is 7. The van der Waals surface area contributed by atoms with Crippen molar-refractivity contribution < 1.29 is 14.7 Å². The molecule has 2 atom stereocenters. The molecule has 1 aliphatic heterocycles. The smallest absolute Gasteiger partial charge is 0.233 e. The SMILES string of the molecule is CCCOC1CCCN(C(=O)C(CCC)C(N)=NO)C1. The van der Waals surface area contributed by atoms with Crippen LogP contribution in [0.25, 0.3) is 0 Å². The molecule has 0 radical (unpaired) electrons.